The van der Waals surface area contributed by atoms with E-state index in [4.69, 9.17) is 22.0 Å². The van der Waals surface area contributed by atoms with E-state index in [1.165, 1.54) is 18.2 Å². The number of hydrogen-bond acceptors (Lipinski definition) is 4. The van der Waals surface area contributed by atoms with E-state index in [-0.39, 0.29) is 21.9 Å². The Morgan fingerprint density at radius 1 is 1.43 bits per heavy atom. The van der Waals surface area contributed by atoms with Gasteiger partial charge in [0.15, 0.2) is 0 Å². The first-order chi connectivity index (χ1) is 9.83. The summed E-state index contributed by atoms with van der Waals surface area (Å²) in [5, 5.41) is 17.6. The lowest BCUT2D eigenvalue weighted by atomic mass is 10.1. The quantitative estimate of drug-likeness (QED) is 0.875. The maximum absolute atomic E-state index is 12.3. The largest absolute Gasteiger partial charge is 0.481 e. The van der Waals surface area contributed by atoms with E-state index >= 15 is 0 Å². The summed E-state index contributed by atoms with van der Waals surface area (Å²) in [6.45, 7) is 0. The van der Waals surface area contributed by atoms with Gasteiger partial charge in [-0.05, 0) is 37.5 Å². The van der Waals surface area contributed by atoms with Gasteiger partial charge in [-0.3, -0.25) is 4.79 Å². The van der Waals surface area contributed by atoms with Crippen LogP contribution in [0.5, 0.6) is 0 Å². The van der Waals surface area contributed by atoms with Crippen LogP contribution < -0.4 is 4.72 Å². The Bertz CT molecular complexity index is 711. The van der Waals surface area contributed by atoms with Crippen LogP contribution in [0.4, 0.5) is 0 Å². The number of carboxylic acids is 1. The third-order valence-electron chi connectivity index (χ3n) is 3.45. The molecule has 0 aromatic heterocycles. The van der Waals surface area contributed by atoms with Crippen molar-refractivity contribution in [3.8, 4) is 6.07 Å². The van der Waals surface area contributed by atoms with E-state index in [9.17, 15) is 13.2 Å². The minimum absolute atomic E-state index is 0.0330. The minimum Gasteiger partial charge on any atom is -0.481 e. The monoisotopic (exact) mass is 328 g/mol. The average Bonchev–Trinajstić information content (AvgIpc) is 2.86. The van der Waals surface area contributed by atoms with Crippen molar-refractivity contribution in [3.63, 3.8) is 0 Å². The van der Waals surface area contributed by atoms with Crippen LogP contribution in [0.2, 0.25) is 5.02 Å². The van der Waals surface area contributed by atoms with Crippen LogP contribution in [0.3, 0.4) is 0 Å². The van der Waals surface area contributed by atoms with Crippen molar-refractivity contribution < 1.29 is 18.3 Å². The molecule has 112 valence electrons. The first kappa shape index (κ1) is 15.8. The second-order valence-corrected chi connectivity index (χ2v) is 7.01. The maximum Gasteiger partial charge on any atom is 0.306 e. The van der Waals surface area contributed by atoms with Crippen LogP contribution in [0, 0.1) is 17.2 Å². The molecule has 1 aliphatic carbocycles. The summed E-state index contributed by atoms with van der Waals surface area (Å²) in [6.07, 6.45) is 1.19. The molecule has 8 heteroatoms. The Labute approximate surface area is 127 Å². The third-order valence-corrected chi connectivity index (χ3v) is 5.46. The van der Waals surface area contributed by atoms with Gasteiger partial charge in [-0.2, -0.15) is 5.26 Å². The smallest absolute Gasteiger partial charge is 0.306 e. The fourth-order valence-corrected chi connectivity index (χ4v) is 4.21. The summed E-state index contributed by atoms with van der Waals surface area (Å²) in [5.74, 6) is -1.43. The van der Waals surface area contributed by atoms with Crippen LogP contribution in [-0.2, 0) is 14.8 Å². The fraction of sp³-hybridized carbons (Fsp3) is 0.385. The molecular formula is C13H13ClN2O4S. The van der Waals surface area contributed by atoms with E-state index in [1.807, 2.05) is 6.07 Å². The Kier molecular flexibility index (Phi) is 4.52. The topological polar surface area (TPSA) is 107 Å². The average molecular weight is 329 g/mol. The van der Waals surface area contributed by atoms with Gasteiger partial charge in [-0.25, -0.2) is 13.1 Å². The number of rotatable bonds is 4. The fourth-order valence-electron chi connectivity index (χ4n) is 2.38. The van der Waals surface area contributed by atoms with Crippen LogP contribution in [0.15, 0.2) is 23.1 Å². The highest BCUT2D eigenvalue weighted by Gasteiger charge is 2.33. The zero-order valence-electron chi connectivity index (χ0n) is 10.9. The highest BCUT2D eigenvalue weighted by atomic mass is 35.5. The summed E-state index contributed by atoms with van der Waals surface area (Å²) in [6, 6.07) is 5.38. The lowest BCUT2D eigenvalue weighted by molar-refractivity contribution is -0.141. The number of sulfonamides is 1. The van der Waals surface area contributed by atoms with Gasteiger partial charge in [0.25, 0.3) is 0 Å². The summed E-state index contributed by atoms with van der Waals surface area (Å²) in [7, 11) is -3.83. The Morgan fingerprint density at radius 3 is 2.67 bits per heavy atom. The van der Waals surface area contributed by atoms with Crippen molar-refractivity contribution in [1.29, 1.82) is 5.26 Å². The number of nitriles is 1. The lowest BCUT2D eigenvalue weighted by Gasteiger charge is -2.14. The number of halogens is 1. The zero-order chi connectivity index (χ0) is 15.6. The van der Waals surface area contributed by atoms with Crippen molar-refractivity contribution >= 4 is 27.6 Å². The van der Waals surface area contributed by atoms with Crippen LogP contribution in [0.25, 0.3) is 0 Å². The van der Waals surface area contributed by atoms with Gasteiger partial charge in [0, 0.05) is 6.04 Å². The molecular weight excluding hydrogens is 316 g/mol. The summed E-state index contributed by atoms with van der Waals surface area (Å²) >= 11 is 5.89. The van der Waals surface area contributed by atoms with Gasteiger partial charge < -0.3 is 5.11 Å². The number of benzene rings is 1. The van der Waals surface area contributed by atoms with Crippen molar-refractivity contribution in [3.05, 3.63) is 28.8 Å². The van der Waals surface area contributed by atoms with E-state index in [1.54, 1.807) is 0 Å². The predicted molar refractivity (Wildman–Crippen MR) is 75.3 cm³/mol. The van der Waals surface area contributed by atoms with Crippen molar-refractivity contribution in [1.82, 2.24) is 4.72 Å². The Morgan fingerprint density at radius 2 is 2.14 bits per heavy atom. The molecule has 2 rings (SSSR count). The maximum atomic E-state index is 12.3. The Balaban J connectivity index is 2.17. The van der Waals surface area contributed by atoms with Gasteiger partial charge in [-0.15, -0.1) is 0 Å². The van der Waals surface area contributed by atoms with Crippen LogP contribution >= 0.6 is 11.6 Å². The molecule has 0 amide bonds. The standard InChI is InChI=1S/C13H13ClN2O4S/c14-11-5-8(7-15)1-4-12(11)21(19,20)16-10-3-2-9(6-10)13(17)18/h1,4-5,9-10,16H,2-3,6H2,(H,17,18)/t9-,10+/m1/s1. The first-order valence-electron chi connectivity index (χ1n) is 6.28. The van der Waals surface area contributed by atoms with Crippen molar-refractivity contribution in [2.45, 2.75) is 30.2 Å². The molecule has 0 heterocycles. The molecule has 0 saturated heterocycles. The molecule has 0 radical (unpaired) electrons. The Hall–Kier alpha value is -1.62. The van der Waals surface area contributed by atoms with E-state index < -0.39 is 28.0 Å². The van der Waals surface area contributed by atoms with Crippen molar-refractivity contribution in [2.75, 3.05) is 0 Å². The molecule has 0 unspecified atom stereocenters. The summed E-state index contributed by atoms with van der Waals surface area (Å²) in [4.78, 5) is 10.8. The molecule has 1 aromatic rings. The van der Waals surface area contributed by atoms with Gasteiger partial charge in [0.2, 0.25) is 10.0 Å². The lowest BCUT2D eigenvalue weighted by Crippen LogP contribution is -2.33. The molecule has 6 nitrogen and oxygen atoms in total. The van der Waals surface area contributed by atoms with Gasteiger partial charge in [0.05, 0.1) is 22.6 Å². The number of carboxylic acid groups (broad SMARTS) is 1. The number of carbonyl (C=O) groups is 1. The first-order valence-corrected chi connectivity index (χ1v) is 8.14. The van der Waals surface area contributed by atoms with E-state index in [2.05, 4.69) is 4.72 Å². The molecule has 1 aromatic carbocycles. The predicted octanol–water partition coefficient (Wildman–Crippen LogP) is 1.74. The number of aliphatic carboxylic acids is 1. The zero-order valence-corrected chi connectivity index (χ0v) is 12.5. The number of hydrogen-bond donors (Lipinski definition) is 2. The highest BCUT2D eigenvalue weighted by Crippen LogP contribution is 2.28. The molecule has 2 N–H and O–H groups in total. The van der Waals surface area contributed by atoms with Gasteiger partial charge >= 0.3 is 5.97 Å². The summed E-state index contributed by atoms with van der Waals surface area (Å²) < 4.78 is 27.0. The van der Waals surface area contributed by atoms with E-state index in [0.29, 0.717) is 12.8 Å². The second kappa shape index (κ2) is 6.02. The molecule has 1 fully saturated rings. The third kappa shape index (κ3) is 3.53. The molecule has 0 aliphatic heterocycles. The second-order valence-electron chi connectivity index (χ2n) is 4.92. The normalized spacial score (nSPS) is 21.9. The molecule has 1 saturated carbocycles. The highest BCUT2D eigenvalue weighted by molar-refractivity contribution is 7.89. The molecule has 0 bridgehead atoms. The van der Waals surface area contributed by atoms with Crippen molar-refractivity contribution in [2.24, 2.45) is 5.92 Å². The van der Waals surface area contributed by atoms with E-state index in [0.717, 1.165) is 0 Å². The molecule has 0 spiro atoms. The SMILES string of the molecule is N#Cc1ccc(S(=O)(=O)N[C@H]2CC[C@@H](C(=O)O)C2)c(Cl)c1. The molecule has 2 atom stereocenters. The number of nitrogens with zero attached hydrogens (tertiary/aromatic N) is 1. The van der Waals surface area contributed by atoms with Crippen LogP contribution in [-0.4, -0.2) is 25.5 Å². The minimum atomic E-state index is -3.83. The van der Waals surface area contributed by atoms with Crippen LogP contribution in [0.1, 0.15) is 24.8 Å². The summed E-state index contributed by atoms with van der Waals surface area (Å²) in [5.41, 5.74) is 0.269. The van der Waals surface area contributed by atoms with Gasteiger partial charge in [-0.1, -0.05) is 11.6 Å². The molecule has 1 aliphatic rings. The molecule has 21 heavy (non-hydrogen) atoms. The van der Waals surface area contributed by atoms with Gasteiger partial charge in [0.1, 0.15) is 4.90 Å². The number of nitrogens with one attached hydrogen (secondary N) is 1.